The van der Waals surface area contributed by atoms with E-state index < -0.39 is 0 Å². The molecular weight excluding hydrogens is 230 g/mol. The lowest BCUT2D eigenvalue weighted by atomic mass is 10.0. The molecule has 1 heteroatoms. The van der Waals surface area contributed by atoms with Crippen molar-refractivity contribution in [3.63, 3.8) is 0 Å². The molecule has 2 aromatic carbocycles. The van der Waals surface area contributed by atoms with Crippen molar-refractivity contribution < 1.29 is 0 Å². The first-order chi connectivity index (χ1) is 9.08. The molecule has 0 spiro atoms. The first kappa shape index (κ1) is 13.8. The molecule has 0 bridgehead atoms. The van der Waals surface area contributed by atoms with E-state index in [1.807, 2.05) is 0 Å². The van der Waals surface area contributed by atoms with Gasteiger partial charge in [-0.2, -0.15) is 0 Å². The van der Waals surface area contributed by atoms with Crippen LogP contribution in [-0.2, 0) is 0 Å². The average Bonchev–Trinajstić information content (AvgIpc) is 2.42. The van der Waals surface area contributed by atoms with Crippen LogP contribution in [0, 0.1) is 13.8 Å². The van der Waals surface area contributed by atoms with Crippen LogP contribution in [0.3, 0.4) is 0 Å². The zero-order chi connectivity index (χ0) is 13.8. The van der Waals surface area contributed by atoms with Crippen LogP contribution >= 0.6 is 0 Å². The summed E-state index contributed by atoms with van der Waals surface area (Å²) in [5.41, 5.74) is 5.40. The molecule has 0 amide bonds. The van der Waals surface area contributed by atoms with Crippen LogP contribution in [0.5, 0.6) is 0 Å². The largest absolute Gasteiger partial charge is 0.304 e. The van der Waals surface area contributed by atoms with Crippen molar-refractivity contribution >= 4 is 0 Å². The maximum absolute atomic E-state index is 3.66. The molecule has 19 heavy (non-hydrogen) atoms. The van der Waals surface area contributed by atoms with Crippen LogP contribution in [0.4, 0.5) is 0 Å². The van der Waals surface area contributed by atoms with E-state index >= 15 is 0 Å². The number of hydrogen-bond donors (Lipinski definition) is 1. The van der Waals surface area contributed by atoms with Gasteiger partial charge in [-0.25, -0.2) is 0 Å². The van der Waals surface area contributed by atoms with Crippen LogP contribution in [0.1, 0.15) is 48.2 Å². The van der Waals surface area contributed by atoms with Gasteiger partial charge in [-0.15, -0.1) is 0 Å². The van der Waals surface area contributed by atoms with E-state index in [-0.39, 0.29) is 0 Å². The van der Waals surface area contributed by atoms with Crippen LogP contribution in [-0.4, -0.2) is 0 Å². The summed E-state index contributed by atoms with van der Waals surface area (Å²) in [5.74, 6) is 0. The highest BCUT2D eigenvalue weighted by atomic mass is 14.9. The number of rotatable bonds is 4. The van der Waals surface area contributed by atoms with Crippen LogP contribution in [0.2, 0.25) is 0 Å². The molecular formula is C18H23N. The lowest BCUT2D eigenvalue weighted by Crippen LogP contribution is -2.22. The van der Waals surface area contributed by atoms with E-state index in [9.17, 15) is 0 Å². The van der Waals surface area contributed by atoms with Gasteiger partial charge in [0.2, 0.25) is 0 Å². The van der Waals surface area contributed by atoms with Gasteiger partial charge in [0.25, 0.3) is 0 Å². The van der Waals surface area contributed by atoms with Gasteiger partial charge in [0.05, 0.1) is 0 Å². The number of hydrogen-bond acceptors (Lipinski definition) is 1. The predicted octanol–water partition coefficient (Wildman–Crippen LogP) is 4.72. The Labute approximate surface area is 116 Å². The SMILES string of the molecule is Cc1ccc(C(C)N[C@@H](C)c2ccccc2)cc1C. The summed E-state index contributed by atoms with van der Waals surface area (Å²) in [5, 5.41) is 3.66. The Kier molecular flexibility index (Phi) is 4.39. The number of benzene rings is 2. The molecule has 0 saturated carbocycles. The molecule has 0 aliphatic heterocycles. The Bertz CT molecular complexity index is 531. The maximum Gasteiger partial charge on any atom is 0.0297 e. The second-order valence-corrected chi connectivity index (χ2v) is 5.36. The molecule has 0 aromatic heterocycles. The van der Waals surface area contributed by atoms with Crippen LogP contribution in [0.15, 0.2) is 48.5 Å². The number of nitrogens with one attached hydrogen (secondary N) is 1. The van der Waals surface area contributed by atoms with Crippen molar-refractivity contribution in [2.75, 3.05) is 0 Å². The quantitative estimate of drug-likeness (QED) is 0.831. The third-order valence-corrected chi connectivity index (χ3v) is 3.83. The summed E-state index contributed by atoms with van der Waals surface area (Å²) >= 11 is 0. The molecule has 0 heterocycles. The summed E-state index contributed by atoms with van der Waals surface area (Å²) in [6.07, 6.45) is 0. The molecule has 0 radical (unpaired) electrons. The highest BCUT2D eigenvalue weighted by molar-refractivity contribution is 5.31. The van der Waals surface area contributed by atoms with Gasteiger partial charge in [-0.3, -0.25) is 0 Å². The van der Waals surface area contributed by atoms with Crippen LogP contribution in [0.25, 0.3) is 0 Å². The third-order valence-electron chi connectivity index (χ3n) is 3.83. The van der Waals surface area contributed by atoms with Crippen molar-refractivity contribution in [2.45, 2.75) is 39.8 Å². The minimum Gasteiger partial charge on any atom is -0.304 e. The molecule has 0 fully saturated rings. The van der Waals surface area contributed by atoms with Gasteiger partial charge in [0, 0.05) is 12.1 Å². The van der Waals surface area contributed by atoms with E-state index in [2.05, 4.69) is 81.5 Å². The van der Waals surface area contributed by atoms with Crippen molar-refractivity contribution in [3.05, 3.63) is 70.8 Å². The second-order valence-electron chi connectivity index (χ2n) is 5.36. The third kappa shape index (κ3) is 3.45. The molecule has 0 aliphatic rings. The zero-order valence-electron chi connectivity index (χ0n) is 12.3. The first-order valence-electron chi connectivity index (χ1n) is 6.96. The van der Waals surface area contributed by atoms with Gasteiger partial charge in [-0.05, 0) is 49.9 Å². The maximum atomic E-state index is 3.66. The molecule has 2 rings (SSSR count). The summed E-state index contributed by atoms with van der Waals surface area (Å²) in [7, 11) is 0. The van der Waals surface area contributed by atoms with Gasteiger partial charge < -0.3 is 5.32 Å². The normalized spacial score (nSPS) is 14.1. The smallest absolute Gasteiger partial charge is 0.0297 e. The lowest BCUT2D eigenvalue weighted by molar-refractivity contribution is 0.494. The van der Waals surface area contributed by atoms with Crippen LogP contribution < -0.4 is 5.32 Å². The molecule has 1 nitrogen and oxygen atoms in total. The highest BCUT2D eigenvalue weighted by Crippen LogP contribution is 2.21. The Balaban J connectivity index is 2.08. The number of aryl methyl sites for hydroxylation is 2. The molecule has 0 aliphatic carbocycles. The molecule has 0 saturated heterocycles. The highest BCUT2D eigenvalue weighted by Gasteiger charge is 2.11. The molecule has 100 valence electrons. The van der Waals surface area contributed by atoms with Crippen molar-refractivity contribution in [1.29, 1.82) is 0 Å². The molecule has 1 N–H and O–H groups in total. The fourth-order valence-corrected chi connectivity index (χ4v) is 2.34. The van der Waals surface area contributed by atoms with E-state index in [1.165, 1.54) is 22.3 Å². The molecule has 2 atom stereocenters. The Morgan fingerprint density at radius 2 is 1.37 bits per heavy atom. The summed E-state index contributed by atoms with van der Waals surface area (Å²) < 4.78 is 0. The van der Waals surface area contributed by atoms with Gasteiger partial charge in [0.15, 0.2) is 0 Å². The predicted molar refractivity (Wildman–Crippen MR) is 82.3 cm³/mol. The zero-order valence-corrected chi connectivity index (χ0v) is 12.3. The fraction of sp³-hybridized carbons (Fsp3) is 0.333. The minimum absolute atomic E-state index is 0.356. The Morgan fingerprint density at radius 1 is 0.737 bits per heavy atom. The summed E-state index contributed by atoms with van der Waals surface area (Å²) in [6, 6.07) is 18.0. The topological polar surface area (TPSA) is 12.0 Å². The Hall–Kier alpha value is -1.60. The van der Waals surface area contributed by atoms with Gasteiger partial charge in [-0.1, -0.05) is 48.5 Å². The minimum atomic E-state index is 0.356. The first-order valence-corrected chi connectivity index (χ1v) is 6.96. The Morgan fingerprint density at radius 3 is 2.00 bits per heavy atom. The standard InChI is InChI=1S/C18H23N/c1-13-10-11-18(12-14(13)2)16(4)19-15(3)17-8-6-5-7-9-17/h5-12,15-16,19H,1-4H3/t15-,16?/m0/s1. The summed E-state index contributed by atoms with van der Waals surface area (Å²) in [6.45, 7) is 8.77. The second kappa shape index (κ2) is 6.03. The lowest BCUT2D eigenvalue weighted by Gasteiger charge is -2.21. The fourth-order valence-electron chi connectivity index (χ4n) is 2.34. The van der Waals surface area contributed by atoms with Gasteiger partial charge in [0.1, 0.15) is 0 Å². The van der Waals surface area contributed by atoms with Gasteiger partial charge >= 0.3 is 0 Å². The summed E-state index contributed by atoms with van der Waals surface area (Å²) in [4.78, 5) is 0. The average molecular weight is 253 g/mol. The van der Waals surface area contributed by atoms with E-state index in [1.54, 1.807) is 0 Å². The molecule has 1 unspecified atom stereocenters. The van der Waals surface area contributed by atoms with Crippen molar-refractivity contribution in [3.8, 4) is 0 Å². The van der Waals surface area contributed by atoms with Crippen molar-refractivity contribution in [1.82, 2.24) is 5.32 Å². The van der Waals surface area contributed by atoms with E-state index in [4.69, 9.17) is 0 Å². The van der Waals surface area contributed by atoms with E-state index in [0.29, 0.717) is 12.1 Å². The van der Waals surface area contributed by atoms with Crippen molar-refractivity contribution in [2.24, 2.45) is 0 Å². The molecule has 2 aromatic rings. The van der Waals surface area contributed by atoms with E-state index in [0.717, 1.165) is 0 Å². The monoisotopic (exact) mass is 253 g/mol.